The minimum Gasteiger partial charge on any atom is -0.495 e. The zero-order valence-corrected chi connectivity index (χ0v) is 18.8. The molecule has 2 aromatic carbocycles. The molecule has 3 amide bonds. The van der Waals surface area contributed by atoms with Crippen molar-refractivity contribution in [3.8, 4) is 5.75 Å². The third-order valence-corrected chi connectivity index (χ3v) is 4.56. The number of nitrogens with one attached hydrogen (secondary N) is 3. The standard InChI is InChI=1S/C21H21Cl2N3O6/c1-12-3-6-17(31-2)16(7-12)26-19(28)11-32-20(29)10-24-18(27)9-25-21(30)14-5-4-13(22)8-15(14)23/h3-8H,9-11H2,1-2H3,(H,24,27)(H,25,30)(H,26,28). The molecule has 0 aromatic heterocycles. The van der Waals surface area contributed by atoms with Crippen LogP contribution in [-0.2, 0) is 19.1 Å². The van der Waals surface area contributed by atoms with Crippen LogP contribution in [0.25, 0.3) is 0 Å². The van der Waals surface area contributed by atoms with Crippen molar-refractivity contribution in [1.82, 2.24) is 10.6 Å². The van der Waals surface area contributed by atoms with Crippen molar-refractivity contribution in [3.63, 3.8) is 0 Å². The Labute approximate surface area is 194 Å². The fourth-order valence-electron chi connectivity index (χ4n) is 2.47. The van der Waals surface area contributed by atoms with Crippen LogP contribution in [0.5, 0.6) is 5.75 Å². The summed E-state index contributed by atoms with van der Waals surface area (Å²) in [5.41, 5.74) is 1.50. The number of amides is 3. The minimum absolute atomic E-state index is 0.139. The molecule has 2 rings (SSSR count). The van der Waals surface area contributed by atoms with E-state index in [0.29, 0.717) is 16.5 Å². The lowest BCUT2D eigenvalue weighted by Crippen LogP contribution is -2.39. The molecule has 0 bridgehead atoms. The molecule has 3 N–H and O–H groups in total. The molecule has 2 aromatic rings. The van der Waals surface area contributed by atoms with Gasteiger partial charge < -0.3 is 25.4 Å². The summed E-state index contributed by atoms with van der Waals surface area (Å²) in [5, 5.41) is 7.74. The monoisotopic (exact) mass is 481 g/mol. The Morgan fingerprint density at radius 2 is 1.69 bits per heavy atom. The molecule has 11 heteroatoms. The van der Waals surface area contributed by atoms with Gasteiger partial charge in [-0.3, -0.25) is 19.2 Å². The van der Waals surface area contributed by atoms with Crippen molar-refractivity contribution in [1.29, 1.82) is 0 Å². The number of ether oxygens (including phenoxy) is 2. The van der Waals surface area contributed by atoms with Crippen molar-refractivity contribution >= 4 is 52.6 Å². The molecule has 0 aliphatic heterocycles. The van der Waals surface area contributed by atoms with Crippen LogP contribution in [0, 0.1) is 6.92 Å². The number of halogens is 2. The number of carbonyl (C=O) groups is 4. The van der Waals surface area contributed by atoms with Gasteiger partial charge in [0.15, 0.2) is 6.61 Å². The van der Waals surface area contributed by atoms with E-state index in [9.17, 15) is 19.2 Å². The molecule has 0 saturated carbocycles. The lowest BCUT2D eigenvalue weighted by atomic mass is 10.2. The van der Waals surface area contributed by atoms with Gasteiger partial charge in [-0.25, -0.2) is 0 Å². The normalized spacial score (nSPS) is 10.1. The van der Waals surface area contributed by atoms with Gasteiger partial charge in [0.05, 0.1) is 29.9 Å². The van der Waals surface area contributed by atoms with Gasteiger partial charge in [0, 0.05) is 5.02 Å². The second-order valence-electron chi connectivity index (χ2n) is 6.50. The van der Waals surface area contributed by atoms with Gasteiger partial charge in [-0.05, 0) is 42.8 Å². The summed E-state index contributed by atoms with van der Waals surface area (Å²) in [5.74, 6) is -2.14. The Bertz CT molecular complexity index is 1030. The zero-order chi connectivity index (χ0) is 23.7. The molecule has 32 heavy (non-hydrogen) atoms. The maximum Gasteiger partial charge on any atom is 0.325 e. The predicted octanol–water partition coefficient (Wildman–Crippen LogP) is 2.34. The Hall–Kier alpha value is -3.30. The molecule has 0 saturated heterocycles. The quantitative estimate of drug-likeness (QED) is 0.472. The smallest absolute Gasteiger partial charge is 0.325 e. The van der Waals surface area contributed by atoms with E-state index < -0.39 is 43.4 Å². The van der Waals surface area contributed by atoms with Crippen molar-refractivity contribution in [3.05, 3.63) is 57.6 Å². The van der Waals surface area contributed by atoms with Gasteiger partial charge >= 0.3 is 5.97 Å². The van der Waals surface area contributed by atoms with Crippen LogP contribution in [0.2, 0.25) is 10.0 Å². The molecular formula is C21H21Cl2N3O6. The minimum atomic E-state index is -0.822. The molecule has 0 radical (unpaired) electrons. The maximum absolute atomic E-state index is 12.0. The van der Waals surface area contributed by atoms with E-state index in [1.54, 1.807) is 12.1 Å². The summed E-state index contributed by atoms with van der Waals surface area (Å²) in [6, 6.07) is 9.55. The van der Waals surface area contributed by atoms with Crippen LogP contribution in [-0.4, -0.2) is 50.5 Å². The lowest BCUT2D eigenvalue weighted by Gasteiger charge is -2.11. The molecule has 170 valence electrons. The number of methoxy groups -OCH3 is 1. The average molecular weight is 482 g/mol. The van der Waals surface area contributed by atoms with Crippen LogP contribution >= 0.6 is 23.2 Å². The first-order valence-corrected chi connectivity index (χ1v) is 10.0. The van der Waals surface area contributed by atoms with Gasteiger partial charge in [-0.15, -0.1) is 0 Å². The number of benzene rings is 2. The SMILES string of the molecule is COc1ccc(C)cc1NC(=O)COC(=O)CNC(=O)CNC(=O)c1ccc(Cl)cc1Cl. The second-order valence-corrected chi connectivity index (χ2v) is 7.34. The topological polar surface area (TPSA) is 123 Å². The van der Waals surface area contributed by atoms with E-state index in [1.165, 1.54) is 25.3 Å². The molecule has 0 fully saturated rings. The lowest BCUT2D eigenvalue weighted by molar-refractivity contribution is -0.147. The predicted molar refractivity (Wildman–Crippen MR) is 119 cm³/mol. The van der Waals surface area contributed by atoms with E-state index in [2.05, 4.69) is 16.0 Å². The van der Waals surface area contributed by atoms with Gasteiger partial charge in [0.1, 0.15) is 12.3 Å². The summed E-state index contributed by atoms with van der Waals surface area (Å²) in [6.45, 7) is 0.443. The van der Waals surface area contributed by atoms with Crippen molar-refractivity contribution in [2.75, 3.05) is 32.1 Å². The first kappa shape index (κ1) is 25.0. The number of aryl methyl sites for hydroxylation is 1. The van der Waals surface area contributed by atoms with E-state index in [4.69, 9.17) is 32.7 Å². The zero-order valence-electron chi connectivity index (χ0n) is 17.3. The molecule has 0 aliphatic rings. The number of hydrogen-bond acceptors (Lipinski definition) is 6. The van der Waals surface area contributed by atoms with Crippen LogP contribution < -0.4 is 20.7 Å². The molecule has 0 atom stereocenters. The number of hydrogen-bond donors (Lipinski definition) is 3. The van der Waals surface area contributed by atoms with Gasteiger partial charge in [0.25, 0.3) is 11.8 Å². The van der Waals surface area contributed by atoms with Crippen molar-refractivity contribution in [2.24, 2.45) is 0 Å². The van der Waals surface area contributed by atoms with Gasteiger partial charge in [-0.2, -0.15) is 0 Å². The molecule has 0 unspecified atom stereocenters. The van der Waals surface area contributed by atoms with E-state index in [1.807, 2.05) is 13.0 Å². The van der Waals surface area contributed by atoms with E-state index in [-0.39, 0.29) is 10.6 Å². The first-order valence-electron chi connectivity index (χ1n) is 9.29. The van der Waals surface area contributed by atoms with Gasteiger partial charge in [-0.1, -0.05) is 29.3 Å². The van der Waals surface area contributed by atoms with E-state index in [0.717, 1.165) is 5.56 Å². The van der Waals surface area contributed by atoms with Crippen LogP contribution in [0.15, 0.2) is 36.4 Å². The van der Waals surface area contributed by atoms with Crippen LogP contribution in [0.1, 0.15) is 15.9 Å². The van der Waals surface area contributed by atoms with Crippen molar-refractivity contribution in [2.45, 2.75) is 6.92 Å². The largest absolute Gasteiger partial charge is 0.495 e. The molecule has 0 heterocycles. The summed E-state index contributed by atoms with van der Waals surface area (Å²) >= 11 is 11.7. The number of esters is 1. The Morgan fingerprint density at radius 1 is 0.938 bits per heavy atom. The Morgan fingerprint density at radius 3 is 2.38 bits per heavy atom. The molecule has 9 nitrogen and oxygen atoms in total. The highest BCUT2D eigenvalue weighted by molar-refractivity contribution is 6.36. The Balaban J connectivity index is 1.71. The number of rotatable bonds is 9. The number of anilines is 1. The molecule has 0 aliphatic carbocycles. The number of carbonyl (C=O) groups excluding carboxylic acids is 4. The second kappa shape index (κ2) is 11.9. The van der Waals surface area contributed by atoms with Crippen LogP contribution in [0.4, 0.5) is 5.69 Å². The third-order valence-electron chi connectivity index (χ3n) is 4.01. The highest BCUT2D eigenvalue weighted by Crippen LogP contribution is 2.25. The highest BCUT2D eigenvalue weighted by atomic mass is 35.5. The summed E-state index contributed by atoms with van der Waals surface area (Å²) < 4.78 is 9.99. The first-order chi connectivity index (χ1) is 15.2. The van der Waals surface area contributed by atoms with Gasteiger partial charge in [0.2, 0.25) is 5.91 Å². The maximum atomic E-state index is 12.0. The molecule has 0 spiro atoms. The van der Waals surface area contributed by atoms with Crippen LogP contribution in [0.3, 0.4) is 0 Å². The fourth-order valence-corrected chi connectivity index (χ4v) is 2.96. The van der Waals surface area contributed by atoms with Crippen molar-refractivity contribution < 1.29 is 28.7 Å². The fraction of sp³-hybridized carbons (Fsp3) is 0.238. The highest BCUT2D eigenvalue weighted by Gasteiger charge is 2.14. The molecular weight excluding hydrogens is 461 g/mol. The average Bonchev–Trinajstić information content (AvgIpc) is 2.74. The van der Waals surface area contributed by atoms with E-state index >= 15 is 0 Å². The summed E-state index contributed by atoms with van der Waals surface area (Å²) in [6.07, 6.45) is 0. The Kier molecular flexibility index (Phi) is 9.30. The summed E-state index contributed by atoms with van der Waals surface area (Å²) in [7, 11) is 1.47. The third kappa shape index (κ3) is 7.75. The summed E-state index contributed by atoms with van der Waals surface area (Å²) in [4.78, 5) is 47.6.